The van der Waals surface area contributed by atoms with Crippen molar-refractivity contribution in [2.75, 3.05) is 14.2 Å². The average Bonchev–Trinajstić information content (AvgIpc) is 3.05. The molecule has 0 fully saturated rings. The molecule has 0 aliphatic carbocycles. The summed E-state index contributed by atoms with van der Waals surface area (Å²) in [7, 11) is 3.18. The van der Waals surface area contributed by atoms with Crippen molar-refractivity contribution < 1.29 is 14.3 Å². The number of hydrogen-bond acceptors (Lipinski definition) is 5. The number of carbonyl (C=O) groups is 1. The topological polar surface area (TPSA) is 88.6 Å². The number of nitrogens with one attached hydrogen (secondary N) is 2. The first-order valence-corrected chi connectivity index (χ1v) is 7.88. The second kappa shape index (κ2) is 7.38. The van der Waals surface area contributed by atoms with Gasteiger partial charge in [-0.1, -0.05) is 20.8 Å². The van der Waals surface area contributed by atoms with E-state index in [2.05, 4.69) is 20.7 Å². The molecule has 0 atom stereocenters. The molecule has 2 N–H and O–H groups in total. The van der Waals surface area contributed by atoms with Crippen LogP contribution in [-0.4, -0.2) is 36.5 Å². The molecule has 7 heteroatoms. The zero-order valence-electron chi connectivity index (χ0n) is 15.4. The molecule has 0 unspecified atom stereocenters. The maximum Gasteiger partial charge on any atom is 0.291 e. The van der Waals surface area contributed by atoms with Crippen LogP contribution in [0.1, 0.15) is 48.1 Å². The lowest BCUT2D eigenvalue weighted by Crippen LogP contribution is -2.18. The van der Waals surface area contributed by atoms with E-state index in [0.717, 1.165) is 22.6 Å². The summed E-state index contributed by atoms with van der Waals surface area (Å²) in [5, 5.41) is 10.9. The van der Waals surface area contributed by atoms with Crippen molar-refractivity contribution in [3.63, 3.8) is 0 Å². The maximum atomic E-state index is 12.1. The normalized spacial score (nSPS) is 11.6. The molecule has 2 aromatic rings. The minimum absolute atomic E-state index is 0.108. The number of benzene rings is 1. The van der Waals surface area contributed by atoms with E-state index >= 15 is 0 Å². The molecule has 1 heterocycles. The lowest BCUT2D eigenvalue weighted by molar-refractivity contribution is 0.0950. The standard InChI is InChI=1S/C18H24N4O3/c1-11-14(24-5)8-7-12(16(11)25-6)10-19-22-17(23)13-9-15(21-20-13)18(2,3)4/h7-10H,1-6H3,(H,20,21)(H,22,23). The van der Waals surface area contributed by atoms with Crippen LogP contribution in [0.2, 0.25) is 0 Å². The van der Waals surface area contributed by atoms with E-state index in [1.54, 1.807) is 20.3 Å². The van der Waals surface area contributed by atoms with E-state index in [1.807, 2.05) is 39.8 Å². The third-order valence-corrected chi connectivity index (χ3v) is 3.80. The van der Waals surface area contributed by atoms with Crippen LogP contribution in [0, 0.1) is 6.92 Å². The monoisotopic (exact) mass is 344 g/mol. The van der Waals surface area contributed by atoms with Crippen LogP contribution in [0.4, 0.5) is 0 Å². The van der Waals surface area contributed by atoms with E-state index in [4.69, 9.17) is 9.47 Å². The van der Waals surface area contributed by atoms with Crippen LogP contribution >= 0.6 is 0 Å². The van der Waals surface area contributed by atoms with Crippen molar-refractivity contribution in [1.82, 2.24) is 15.6 Å². The van der Waals surface area contributed by atoms with Gasteiger partial charge in [-0.3, -0.25) is 9.89 Å². The molecule has 1 amide bonds. The first kappa shape index (κ1) is 18.5. The second-order valence-electron chi connectivity index (χ2n) is 6.63. The first-order valence-electron chi connectivity index (χ1n) is 7.88. The Morgan fingerprint density at radius 1 is 1.28 bits per heavy atom. The summed E-state index contributed by atoms with van der Waals surface area (Å²) in [5.74, 6) is 0.989. The lowest BCUT2D eigenvalue weighted by atomic mass is 9.92. The summed E-state index contributed by atoms with van der Waals surface area (Å²) in [4.78, 5) is 12.1. The Bertz CT molecular complexity index is 788. The Morgan fingerprint density at radius 3 is 2.56 bits per heavy atom. The van der Waals surface area contributed by atoms with Gasteiger partial charge in [-0.25, -0.2) is 5.43 Å². The number of carbonyl (C=O) groups excluding carboxylic acids is 1. The third kappa shape index (κ3) is 4.17. The van der Waals surface area contributed by atoms with Gasteiger partial charge in [-0.05, 0) is 25.1 Å². The van der Waals surface area contributed by atoms with E-state index < -0.39 is 0 Å². The molecular weight excluding hydrogens is 320 g/mol. The summed E-state index contributed by atoms with van der Waals surface area (Å²) < 4.78 is 10.7. The third-order valence-electron chi connectivity index (χ3n) is 3.80. The fraction of sp³-hybridized carbons (Fsp3) is 0.389. The van der Waals surface area contributed by atoms with Gasteiger partial charge in [0.15, 0.2) is 5.69 Å². The molecule has 0 spiro atoms. The van der Waals surface area contributed by atoms with Gasteiger partial charge >= 0.3 is 0 Å². The number of ether oxygens (including phenoxy) is 2. The molecule has 0 aliphatic heterocycles. The molecule has 2 rings (SSSR count). The molecule has 0 bridgehead atoms. The molecule has 25 heavy (non-hydrogen) atoms. The molecule has 134 valence electrons. The molecule has 0 saturated carbocycles. The van der Waals surface area contributed by atoms with E-state index in [-0.39, 0.29) is 11.3 Å². The quantitative estimate of drug-likeness (QED) is 0.645. The number of amides is 1. The second-order valence-corrected chi connectivity index (χ2v) is 6.63. The van der Waals surface area contributed by atoms with E-state index in [1.165, 1.54) is 6.21 Å². The largest absolute Gasteiger partial charge is 0.496 e. The zero-order chi connectivity index (χ0) is 18.6. The number of methoxy groups -OCH3 is 2. The summed E-state index contributed by atoms with van der Waals surface area (Å²) in [6.45, 7) is 8.02. The van der Waals surface area contributed by atoms with Gasteiger partial charge < -0.3 is 9.47 Å². The fourth-order valence-corrected chi connectivity index (χ4v) is 2.33. The van der Waals surface area contributed by atoms with Gasteiger partial charge in [0.05, 0.1) is 20.4 Å². The minimum atomic E-state index is -0.382. The summed E-state index contributed by atoms with van der Waals surface area (Å²) in [6, 6.07) is 5.36. The number of nitrogens with zero attached hydrogens (tertiary/aromatic N) is 2. The van der Waals surface area contributed by atoms with Crippen LogP contribution < -0.4 is 14.9 Å². The smallest absolute Gasteiger partial charge is 0.291 e. The van der Waals surface area contributed by atoms with Crippen molar-refractivity contribution >= 4 is 12.1 Å². The molecule has 1 aromatic heterocycles. The van der Waals surface area contributed by atoms with Crippen LogP contribution in [0.3, 0.4) is 0 Å². The molecular formula is C18H24N4O3. The summed E-state index contributed by atoms with van der Waals surface area (Å²) in [5.41, 5.74) is 5.14. The van der Waals surface area contributed by atoms with Gasteiger partial charge in [0.25, 0.3) is 5.91 Å². The SMILES string of the molecule is COc1ccc(C=NNC(=O)c2cc(C(C)(C)C)[nH]n2)c(OC)c1C. The van der Waals surface area contributed by atoms with Gasteiger partial charge in [-0.2, -0.15) is 10.2 Å². The van der Waals surface area contributed by atoms with Crippen molar-refractivity contribution in [1.29, 1.82) is 0 Å². The number of hydrogen-bond donors (Lipinski definition) is 2. The van der Waals surface area contributed by atoms with Crippen molar-refractivity contribution in [3.8, 4) is 11.5 Å². The molecule has 1 aromatic carbocycles. The Kier molecular flexibility index (Phi) is 5.46. The van der Waals surface area contributed by atoms with E-state index in [9.17, 15) is 4.79 Å². The van der Waals surface area contributed by atoms with Crippen LogP contribution in [0.15, 0.2) is 23.3 Å². The Morgan fingerprint density at radius 2 is 2.00 bits per heavy atom. The Balaban J connectivity index is 2.12. The van der Waals surface area contributed by atoms with Crippen LogP contribution in [-0.2, 0) is 5.41 Å². The van der Waals surface area contributed by atoms with Gasteiger partial charge in [-0.15, -0.1) is 0 Å². The lowest BCUT2D eigenvalue weighted by Gasteiger charge is -2.14. The number of rotatable bonds is 5. The van der Waals surface area contributed by atoms with Gasteiger partial charge in [0, 0.05) is 22.2 Å². The van der Waals surface area contributed by atoms with Crippen LogP contribution in [0.25, 0.3) is 0 Å². The number of H-pyrrole nitrogens is 1. The highest BCUT2D eigenvalue weighted by Gasteiger charge is 2.19. The highest BCUT2D eigenvalue weighted by atomic mass is 16.5. The summed E-state index contributed by atoms with van der Waals surface area (Å²) >= 11 is 0. The van der Waals surface area contributed by atoms with Crippen LogP contribution in [0.5, 0.6) is 11.5 Å². The number of aromatic nitrogens is 2. The Labute approximate surface area is 147 Å². The van der Waals surface area contributed by atoms with Gasteiger partial charge in [0.2, 0.25) is 0 Å². The Hall–Kier alpha value is -2.83. The molecule has 0 saturated heterocycles. The molecule has 7 nitrogen and oxygen atoms in total. The fourth-order valence-electron chi connectivity index (χ4n) is 2.33. The molecule has 0 aliphatic rings. The highest BCUT2D eigenvalue weighted by molar-refractivity contribution is 5.93. The van der Waals surface area contributed by atoms with Crippen molar-refractivity contribution in [3.05, 3.63) is 40.7 Å². The molecule has 0 radical (unpaired) electrons. The number of hydrazone groups is 1. The first-order chi connectivity index (χ1) is 11.8. The highest BCUT2D eigenvalue weighted by Crippen LogP contribution is 2.30. The predicted octanol–water partition coefficient (Wildman–Crippen LogP) is 2.80. The maximum absolute atomic E-state index is 12.1. The predicted molar refractivity (Wildman–Crippen MR) is 96.6 cm³/mol. The van der Waals surface area contributed by atoms with Crippen molar-refractivity contribution in [2.24, 2.45) is 5.10 Å². The summed E-state index contributed by atoms with van der Waals surface area (Å²) in [6.07, 6.45) is 1.53. The number of aromatic amines is 1. The average molecular weight is 344 g/mol. The van der Waals surface area contributed by atoms with E-state index in [0.29, 0.717) is 11.4 Å². The van der Waals surface area contributed by atoms with Gasteiger partial charge in [0.1, 0.15) is 11.5 Å². The zero-order valence-corrected chi connectivity index (χ0v) is 15.4. The minimum Gasteiger partial charge on any atom is -0.496 e. The van der Waals surface area contributed by atoms with Crippen molar-refractivity contribution in [2.45, 2.75) is 33.1 Å².